The molecule has 0 aliphatic heterocycles. The molecule has 0 spiro atoms. The van der Waals surface area contributed by atoms with E-state index in [1.165, 1.54) is 23.7 Å². The Hall–Kier alpha value is -4.30. The highest BCUT2D eigenvalue weighted by Crippen LogP contribution is 2.28. The quantitative estimate of drug-likeness (QED) is 0.240. The SMILES string of the molecule is O=C(/C=C/[C@H](Oc1ccccc1)[C@@H](OC(=O)Nc1ccccc1)c1ccc(O)cc1)NO. The number of nitrogens with one attached hydrogen (secondary N) is 2. The maximum Gasteiger partial charge on any atom is 0.412 e. The lowest BCUT2D eigenvalue weighted by Gasteiger charge is -2.26. The molecule has 32 heavy (non-hydrogen) atoms. The number of ether oxygens (including phenoxy) is 2. The molecule has 0 saturated heterocycles. The molecule has 0 aromatic heterocycles. The van der Waals surface area contributed by atoms with E-state index in [0.717, 1.165) is 6.08 Å². The number of hydrogen-bond acceptors (Lipinski definition) is 6. The van der Waals surface area contributed by atoms with Crippen LogP contribution in [0.3, 0.4) is 0 Å². The van der Waals surface area contributed by atoms with Gasteiger partial charge in [-0.25, -0.2) is 10.3 Å². The first-order chi connectivity index (χ1) is 15.5. The number of carbonyl (C=O) groups excluding carboxylic acids is 2. The second-order valence-corrected chi connectivity index (χ2v) is 6.64. The molecule has 0 radical (unpaired) electrons. The van der Waals surface area contributed by atoms with Crippen molar-refractivity contribution in [1.82, 2.24) is 5.48 Å². The molecule has 0 unspecified atom stereocenters. The molecule has 3 aromatic carbocycles. The number of hydrogen-bond donors (Lipinski definition) is 4. The Balaban J connectivity index is 1.92. The molecule has 0 aliphatic rings. The largest absolute Gasteiger partial charge is 0.508 e. The summed E-state index contributed by atoms with van der Waals surface area (Å²) in [4.78, 5) is 24.2. The van der Waals surface area contributed by atoms with E-state index < -0.39 is 24.2 Å². The minimum absolute atomic E-state index is 0.0389. The molecule has 0 saturated carbocycles. The molecular weight excluding hydrogens is 412 g/mol. The lowest BCUT2D eigenvalue weighted by atomic mass is 10.0. The van der Waals surface area contributed by atoms with Gasteiger partial charge >= 0.3 is 6.09 Å². The van der Waals surface area contributed by atoms with Crippen LogP contribution in [0.25, 0.3) is 0 Å². The Labute approximate surface area is 184 Å². The van der Waals surface area contributed by atoms with Gasteiger partial charge in [0.2, 0.25) is 0 Å². The molecule has 4 N–H and O–H groups in total. The topological polar surface area (TPSA) is 117 Å². The van der Waals surface area contributed by atoms with Gasteiger partial charge < -0.3 is 14.6 Å². The molecule has 164 valence electrons. The Kier molecular flexibility index (Phi) is 7.83. The maximum atomic E-state index is 12.6. The molecule has 2 atom stereocenters. The minimum Gasteiger partial charge on any atom is -0.508 e. The number of anilines is 1. The fourth-order valence-electron chi connectivity index (χ4n) is 2.85. The normalized spacial score (nSPS) is 12.5. The number of phenolic OH excluding ortho intramolecular Hbond substituents is 1. The van der Waals surface area contributed by atoms with Gasteiger partial charge in [0.05, 0.1) is 0 Å². The fourth-order valence-corrected chi connectivity index (χ4v) is 2.85. The zero-order chi connectivity index (χ0) is 22.8. The summed E-state index contributed by atoms with van der Waals surface area (Å²) in [6.45, 7) is 0. The first-order valence-electron chi connectivity index (χ1n) is 9.71. The Morgan fingerprint density at radius 1 is 0.875 bits per heavy atom. The monoisotopic (exact) mass is 434 g/mol. The molecule has 3 rings (SSSR count). The average molecular weight is 434 g/mol. The number of amides is 2. The molecule has 2 amide bonds. The zero-order valence-electron chi connectivity index (χ0n) is 16.9. The Morgan fingerprint density at radius 3 is 2.12 bits per heavy atom. The van der Waals surface area contributed by atoms with Crippen molar-refractivity contribution in [2.45, 2.75) is 12.2 Å². The van der Waals surface area contributed by atoms with Gasteiger partial charge in [-0.3, -0.25) is 15.3 Å². The summed E-state index contributed by atoms with van der Waals surface area (Å²) >= 11 is 0. The molecule has 8 heteroatoms. The van der Waals surface area contributed by atoms with Crippen LogP contribution in [0.2, 0.25) is 0 Å². The van der Waals surface area contributed by atoms with Crippen LogP contribution in [-0.2, 0) is 9.53 Å². The lowest BCUT2D eigenvalue weighted by molar-refractivity contribution is -0.124. The number of phenols is 1. The lowest BCUT2D eigenvalue weighted by Crippen LogP contribution is -2.30. The van der Waals surface area contributed by atoms with E-state index in [0.29, 0.717) is 17.0 Å². The molecule has 0 aliphatic carbocycles. The summed E-state index contributed by atoms with van der Waals surface area (Å²) in [5.41, 5.74) is 2.56. The van der Waals surface area contributed by atoms with Gasteiger partial charge in [-0.1, -0.05) is 48.5 Å². The fraction of sp³-hybridized carbons (Fsp3) is 0.0833. The molecular formula is C24H22N2O6. The van der Waals surface area contributed by atoms with Gasteiger partial charge in [0.15, 0.2) is 12.2 Å². The van der Waals surface area contributed by atoms with E-state index in [4.69, 9.17) is 14.7 Å². The van der Waals surface area contributed by atoms with Gasteiger partial charge in [0.1, 0.15) is 11.5 Å². The van der Waals surface area contributed by atoms with Crippen LogP contribution >= 0.6 is 0 Å². The van der Waals surface area contributed by atoms with Crippen molar-refractivity contribution in [1.29, 1.82) is 0 Å². The number of carbonyl (C=O) groups is 2. The van der Waals surface area contributed by atoms with Crippen molar-refractivity contribution in [3.63, 3.8) is 0 Å². The van der Waals surface area contributed by atoms with E-state index in [1.54, 1.807) is 60.7 Å². The van der Waals surface area contributed by atoms with Crippen molar-refractivity contribution < 1.29 is 29.4 Å². The Morgan fingerprint density at radius 2 is 1.50 bits per heavy atom. The number of aromatic hydroxyl groups is 1. The third kappa shape index (κ3) is 6.61. The molecule has 8 nitrogen and oxygen atoms in total. The van der Waals surface area contributed by atoms with Crippen molar-refractivity contribution in [2.24, 2.45) is 0 Å². The number of benzene rings is 3. The van der Waals surface area contributed by atoms with Crippen LogP contribution in [0.5, 0.6) is 11.5 Å². The third-order valence-electron chi connectivity index (χ3n) is 4.34. The van der Waals surface area contributed by atoms with Gasteiger partial charge in [0, 0.05) is 11.8 Å². The molecule has 0 fully saturated rings. The average Bonchev–Trinajstić information content (AvgIpc) is 2.82. The Bertz CT molecular complexity index is 1040. The smallest absolute Gasteiger partial charge is 0.412 e. The zero-order valence-corrected chi connectivity index (χ0v) is 16.9. The summed E-state index contributed by atoms with van der Waals surface area (Å²) in [7, 11) is 0. The summed E-state index contributed by atoms with van der Waals surface area (Å²) < 4.78 is 11.7. The van der Waals surface area contributed by atoms with Crippen LogP contribution < -0.4 is 15.5 Å². The van der Waals surface area contributed by atoms with Crippen LogP contribution in [-0.4, -0.2) is 28.4 Å². The van der Waals surface area contributed by atoms with Gasteiger partial charge in [0.25, 0.3) is 5.91 Å². The number of para-hydroxylation sites is 2. The van der Waals surface area contributed by atoms with Crippen LogP contribution in [0.15, 0.2) is 97.1 Å². The highest BCUT2D eigenvalue weighted by molar-refractivity contribution is 5.86. The van der Waals surface area contributed by atoms with Crippen molar-refractivity contribution in [2.75, 3.05) is 5.32 Å². The third-order valence-corrected chi connectivity index (χ3v) is 4.34. The van der Waals surface area contributed by atoms with Gasteiger partial charge in [-0.15, -0.1) is 0 Å². The van der Waals surface area contributed by atoms with E-state index in [1.807, 2.05) is 12.1 Å². The summed E-state index contributed by atoms with van der Waals surface area (Å²) in [5, 5.41) is 21.1. The van der Waals surface area contributed by atoms with Crippen molar-refractivity contribution >= 4 is 17.7 Å². The number of hydroxylamine groups is 1. The molecule has 0 bridgehead atoms. The standard InChI is InChI=1S/C24H22N2O6/c27-19-13-11-17(12-14-19)23(32-24(29)25-18-7-3-1-4-8-18)21(15-16-22(28)26-30)31-20-9-5-2-6-10-20/h1-16,21,23,27,30H,(H,25,29)(H,26,28)/b16-15+/t21-,23-/m0/s1. The molecule has 3 aromatic rings. The van der Waals surface area contributed by atoms with Crippen molar-refractivity contribution in [3.8, 4) is 11.5 Å². The first kappa shape index (κ1) is 22.4. The van der Waals surface area contributed by atoms with E-state index >= 15 is 0 Å². The van der Waals surface area contributed by atoms with Crippen molar-refractivity contribution in [3.05, 3.63) is 103 Å². The summed E-state index contributed by atoms with van der Waals surface area (Å²) in [6, 6.07) is 23.6. The van der Waals surface area contributed by atoms with Gasteiger partial charge in [-0.2, -0.15) is 0 Å². The predicted molar refractivity (Wildman–Crippen MR) is 117 cm³/mol. The minimum atomic E-state index is -0.998. The molecule has 0 heterocycles. The second-order valence-electron chi connectivity index (χ2n) is 6.64. The summed E-state index contributed by atoms with van der Waals surface area (Å²) in [6.07, 6.45) is -0.246. The predicted octanol–water partition coefficient (Wildman–Crippen LogP) is 4.19. The van der Waals surface area contributed by atoms with E-state index in [9.17, 15) is 14.7 Å². The maximum absolute atomic E-state index is 12.6. The van der Waals surface area contributed by atoms with Crippen LogP contribution in [0.1, 0.15) is 11.7 Å². The summed E-state index contributed by atoms with van der Waals surface area (Å²) in [5.74, 6) is -0.260. The van der Waals surface area contributed by atoms with Crippen LogP contribution in [0.4, 0.5) is 10.5 Å². The highest BCUT2D eigenvalue weighted by atomic mass is 16.6. The second kappa shape index (κ2) is 11.2. The first-order valence-corrected chi connectivity index (χ1v) is 9.71. The van der Waals surface area contributed by atoms with E-state index in [2.05, 4.69) is 5.32 Å². The number of rotatable bonds is 8. The van der Waals surface area contributed by atoms with Gasteiger partial charge in [-0.05, 0) is 48.0 Å². The van der Waals surface area contributed by atoms with E-state index in [-0.39, 0.29) is 5.75 Å². The highest BCUT2D eigenvalue weighted by Gasteiger charge is 2.28. The van der Waals surface area contributed by atoms with Crippen LogP contribution in [0, 0.1) is 0 Å².